The molecule has 3 rings (SSSR count). The summed E-state index contributed by atoms with van der Waals surface area (Å²) in [6.45, 7) is 15.3. The predicted molar refractivity (Wildman–Crippen MR) is 89.7 cm³/mol. The third-order valence-corrected chi connectivity index (χ3v) is 7.57. The first-order valence-corrected chi connectivity index (χ1v) is 8.94. The molecule has 0 spiro atoms. The average molecular weight is 304 g/mol. The van der Waals surface area contributed by atoms with Gasteiger partial charge in [0, 0.05) is 11.8 Å². The van der Waals surface area contributed by atoms with Gasteiger partial charge in [0.05, 0.1) is 11.2 Å². The van der Waals surface area contributed by atoms with Gasteiger partial charge in [0.25, 0.3) is 0 Å². The minimum absolute atomic E-state index is 0.0666. The van der Waals surface area contributed by atoms with Crippen LogP contribution in [0.2, 0.25) is 0 Å². The Bertz CT molecular complexity index is 508. The van der Waals surface area contributed by atoms with Crippen LogP contribution < -0.4 is 0 Å². The molecule has 2 heteroatoms. The molecule has 5 atom stereocenters. The van der Waals surface area contributed by atoms with Crippen LogP contribution in [0.15, 0.2) is 12.7 Å². The van der Waals surface area contributed by atoms with E-state index in [1.54, 1.807) is 0 Å². The van der Waals surface area contributed by atoms with E-state index >= 15 is 0 Å². The lowest BCUT2D eigenvalue weighted by molar-refractivity contribution is -0.250. The molecule has 0 aromatic rings. The van der Waals surface area contributed by atoms with Crippen molar-refractivity contribution in [3.05, 3.63) is 12.7 Å². The summed E-state index contributed by atoms with van der Waals surface area (Å²) in [6, 6.07) is 0. The molecule has 22 heavy (non-hydrogen) atoms. The third kappa shape index (κ3) is 2.06. The lowest BCUT2D eigenvalue weighted by Gasteiger charge is -2.64. The molecular weight excluding hydrogens is 272 g/mol. The second-order valence-electron chi connectivity index (χ2n) is 9.26. The molecule has 0 bridgehead atoms. The van der Waals surface area contributed by atoms with Gasteiger partial charge >= 0.3 is 0 Å². The van der Waals surface area contributed by atoms with Crippen molar-refractivity contribution in [2.75, 3.05) is 0 Å². The van der Waals surface area contributed by atoms with Crippen molar-refractivity contribution in [2.24, 2.45) is 22.7 Å². The Morgan fingerprint density at radius 1 is 1.05 bits per heavy atom. The SMILES string of the molecule is C=C[C@@]1(C)CCC2[C@]3(C)CCC(=O)C(C)(C)[C@H]3CC[C@]2(C)O1. The van der Waals surface area contributed by atoms with E-state index in [-0.39, 0.29) is 22.0 Å². The standard InChI is InChI=1S/C20H32O2/c1-7-18(4)11-8-15-19(5)12-10-16(21)17(2,3)14(19)9-13-20(15,6)22-18/h7,14-15H,1,8-13H2,2-6H3/t14-,15?,18+,19-,20+/m1/s1. The number of ketones is 1. The number of Topliss-reactive ketones (excluding diaryl/α,β-unsaturated/α-hetero) is 1. The molecule has 124 valence electrons. The lowest BCUT2D eigenvalue weighted by Crippen LogP contribution is -2.63. The summed E-state index contributed by atoms with van der Waals surface area (Å²) in [5.74, 6) is 1.52. The van der Waals surface area contributed by atoms with E-state index < -0.39 is 0 Å². The summed E-state index contributed by atoms with van der Waals surface area (Å²) in [5.41, 5.74) is -0.197. The van der Waals surface area contributed by atoms with Crippen LogP contribution in [0.4, 0.5) is 0 Å². The highest BCUT2D eigenvalue weighted by Gasteiger charge is 2.62. The van der Waals surface area contributed by atoms with Crippen LogP contribution >= 0.6 is 0 Å². The Balaban J connectivity index is 1.97. The van der Waals surface area contributed by atoms with Gasteiger partial charge < -0.3 is 4.74 Å². The Kier molecular flexibility index (Phi) is 3.46. The van der Waals surface area contributed by atoms with E-state index in [0.717, 1.165) is 32.1 Å². The number of rotatable bonds is 1. The molecule has 3 aliphatic rings. The van der Waals surface area contributed by atoms with Gasteiger partial charge in [-0.25, -0.2) is 0 Å². The maximum Gasteiger partial charge on any atom is 0.138 e. The molecule has 2 saturated carbocycles. The second-order valence-corrected chi connectivity index (χ2v) is 9.26. The van der Waals surface area contributed by atoms with E-state index in [2.05, 4.69) is 41.2 Å². The van der Waals surface area contributed by atoms with Crippen molar-refractivity contribution in [2.45, 2.75) is 84.3 Å². The first kappa shape index (κ1) is 16.2. The van der Waals surface area contributed by atoms with Crippen molar-refractivity contribution >= 4 is 5.78 Å². The number of carbonyl (C=O) groups excluding carboxylic acids is 1. The average Bonchev–Trinajstić information content (AvgIpc) is 2.42. The van der Waals surface area contributed by atoms with E-state index in [9.17, 15) is 4.79 Å². The van der Waals surface area contributed by atoms with Crippen LogP contribution in [0.3, 0.4) is 0 Å². The van der Waals surface area contributed by atoms with E-state index in [1.807, 2.05) is 6.08 Å². The summed E-state index contributed by atoms with van der Waals surface area (Å²) in [4.78, 5) is 12.5. The minimum Gasteiger partial charge on any atom is -0.365 e. The highest BCUT2D eigenvalue weighted by atomic mass is 16.5. The predicted octanol–water partition coefficient (Wildman–Crippen LogP) is 4.92. The van der Waals surface area contributed by atoms with Crippen LogP contribution in [0.1, 0.15) is 73.1 Å². The molecule has 1 heterocycles. The molecule has 2 nitrogen and oxygen atoms in total. The first-order chi connectivity index (χ1) is 10.1. The number of hydrogen-bond acceptors (Lipinski definition) is 2. The maximum absolute atomic E-state index is 12.5. The van der Waals surface area contributed by atoms with Gasteiger partial charge in [-0.3, -0.25) is 4.79 Å². The lowest BCUT2D eigenvalue weighted by atomic mass is 9.44. The van der Waals surface area contributed by atoms with Crippen molar-refractivity contribution < 1.29 is 9.53 Å². The van der Waals surface area contributed by atoms with Gasteiger partial charge in [-0.15, -0.1) is 6.58 Å². The van der Waals surface area contributed by atoms with Crippen LogP contribution in [0, 0.1) is 22.7 Å². The van der Waals surface area contributed by atoms with Crippen molar-refractivity contribution in [3.8, 4) is 0 Å². The molecular formula is C20H32O2. The quantitative estimate of drug-likeness (QED) is 0.643. The van der Waals surface area contributed by atoms with E-state index in [4.69, 9.17) is 4.74 Å². The van der Waals surface area contributed by atoms with Gasteiger partial charge in [-0.05, 0) is 63.2 Å². The smallest absolute Gasteiger partial charge is 0.138 e. The Morgan fingerprint density at radius 3 is 2.32 bits per heavy atom. The van der Waals surface area contributed by atoms with Gasteiger partial charge in [-0.2, -0.15) is 0 Å². The molecule has 1 aliphatic heterocycles. The van der Waals surface area contributed by atoms with Crippen molar-refractivity contribution in [1.29, 1.82) is 0 Å². The molecule has 0 N–H and O–H groups in total. The van der Waals surface area contributed by atoms with Gasteiger partial charge in [0.15, 0.2) is 0 Å². The second kappa shape index (κ2) is 4.69. The Labute approximate surface area is 135 Å². The fourth-order valence-electron chi connectivity index (χ4n) is 6.22. The van der Waals surface area contributed by atoms with Crippen LogP contribution in [0.25, 0.3) is 0 Å². The Hall–Kier alpha value is -0.630. The molecule has 1 unspecified atom stereocenters. The maximum atomic E-state index is 12.5. The third-order valence-electron chi connectivity index (χ3n) is 7.57. The topological polar surface area (TPSA) is 26.3 Å². The fourth-order valence-corrected chi connectivity index (χ4v) is 6.22. The number of carbonyl (C=O) groups is 1. The van der Waals surface area contributed by atoms with Gasteiger partial charge in [-0.1, -0.05) is 26.8 Å². The zero-order chi connectivity index (χ0) is 16.4. The van der Waals surface area contributed by atoms with E-state index in [0.29, 0.717) is 17.6 Å². The summed E-state index contributed by atoms with van der Waals surface area (Å²) < 4.78 is 6.62. The molecule has 0 aromatic carbocycles. The fraction of sp³-hybridized carbons (Fsp3) is 0.850. The molecule has 0 radical (unpaired) electrons. The largest absolute Gasteiger partial charge is 0.365 e. The number of hydrogen-bond donors (Lipinski definition) is 0. The van der Waals surface area contributed by atoms with Gasteiger partial charge in [0.2, 0.25) is 0 Å². The summed E-state index contributed by atoms with van der Waals surface area (Å²) in [6.07, 6.45) is 8.17. The summed E-state index contributed by atoms with van der Waals surface area (Å²) in [7, 11) is 0. The number of ether oxygens (including phenoxy) is 1. The highest BCUT2D eigenvalue weighted by molar-refractivity contribution is 5.85. The zero-order valence-corrected chi connectivity index (χ0v) is 15.0. The summed E-state index contributed by atoms with van der Waals surface area (Å²) >= 11 is 0. The van der Waals surface area contributed by atoms with Crippen LogP contribution in [-0.2, 0) is 9.53 Å². The molecule has 1 saturated heterocycles. The first-order valence-electron chi connectivity index (χ1n) is 8.94. The molecule has 3 fully saturated rings. The van der Waals surface area contributed by atoms with E-state index in [1.165, 1.54) is 6.42 Å². The van der Waals surface area contributed by atoms with Crippen LogP contribution in [0.5, 0.6) is 0 Å². The van der Waals surface area contributed by atoms with Crippen LogP contribution in [-0.4, -0.2) is 17.0 Å². The van der Waals surface area contributed by atoms with Crippen molar-refractivity contribution in [1.82, 2.24) is 0 Å². The van der Waals surface area contributed by atoms with Crippen molar-refractivity contribution in [3.63, 3.8) is 0 Å². The monoisotopic (exact) mass is 304 g/mol. The summed E-state index contributed by atoms with van der Waals surface area (Å²) in [5, 5.41) is 0. The molecule has 0 amide bonds. The highest BCUT2D eigenvalue weighted by Crippen LogP contribution is 2.64. The minimum atomic E-state index is -0.186. The zero-order valence-electron chi connectivity index (χ0n) is 15.0. The van der Waals surface area contributed by atoms with Gasteiger partial charge in [0.1, 0.15) is 5.78 Å². The normalized spacial score (nSPS) is 50.9. The molecule has 2 aliphatic carbocycles. The Morgan fingerprint density at radius 2 is 1.68 bits per heavy atom. The molecule has 0 aromatic heterocycles. The number of fused-ring (bicyclic) bond motifs is 3.